The lowest BCUT2D eigenvalue weighted by Gasteiger charge is -2.36. The monoisotopic (exact) mass is 393 g/mol. The van der Waals surface area contributed by atoms with Gasteiger partial charge in [-0.05, 0) is 51.8 Å². The third kappa shape index (κ3) is 3.87. The van der Waals surface area contributed by atoms with Crippen molar-refractivity contribution in [2.45, 2.75) is 53.2 Å². The van der Waals surface area contributed by atoms with Crippen LogP contribution in [0.1, 0.15) is 37.4 Å². The number of aryl methyl sites for hydroxylation is 3. The van der Waals surface area contributed by atoms with Gasteiger partial charge in [0.1, 0.15) is 5.76 Å². The van der Waals surface area contributed by atoms with E-state index < -0.39 is 0 Å². The first-order chi connectivity index (χ1) is 14.0. The molecule has 7 nitrogen and oxygen atoms in total. The van der Waals surface area contributed by atoms with Crippen molar-refractivity contribution in [3.63, 3.8) is 0 Å². The summed E-state index contributed by atoms with van der Waals surface area (Å²) < 4.78 is 11.4. The molecule has 29 heavy (non-hydrogen) atoms. The predicted octanol–water partition coefficient (Wildman–Crippen LogP) is 4.12. The molecule has 7 heteroatoms. The minimum atomic E-state index is 0.141. The van der Waals surface area contributed by atoms with Gasteiger partial charge < -0.3 is 14.2 Å². The van der Waals surface area contributed by atoms with Crippen LogP contribution in [0.3, 0.4) is 0 Å². The third-order valence-corrected chi connectivity index (χ3v) is 5.32. The summed E-state index contributed by atoms with van der Waals surface area (Å²) in [6.07, 6.45) is 5.01. The minimum Gasteiger partial charge on any atom is -0.372 e. The maximum absolute atomic E-state index is 6.00. The van der Waals surface area contributed by atoms with Gasteiger partial charge in [0, 0.05) is 36.7 Å². The van der Waals surface area contributed by atoms with Crippen molar-refractivity contribution in [3.8, 4) is 22.4 Å². The molecule has 2 atom stereocenters. The van der Waals surface area contributed by atoms with Crippen molar-refractivity contribution in [2.24, 2.45) is 0 Å². The maximum atomic E-state index is 6.00. The van der Waals surface area contributed by atoms with Crippen molar-refractivity contribution < 1.29 is 9.26 Å². The fraction of sp³-hybridized carbons (Fsp3) is 0.455. The van der Waals surface area contributed by atoms with Crippen LogP contribution in [0, 0.1) is 20.8 Å². The Kier molecular flexibility index (Phi) is 5.32. The standard InChI is InChI=1S/C22H27N5O2/c1-6-18-12-27(11-14(3)28-18)22-24-10-19(17-7-8-23-13(2)9-17)21(25-22)20-15(4)26-29-16(20)5/h7-10,14,18H,6,11-12H2,1-5H3. The molecule has 1 saturated heterocycles. The largest absolute Gasteiger partial charge is 0.372 e. The van der Waals surface area contributed by atoms with E-state index in [9.17, 15) is 0 Å². The van der Waals surface area contributed by atoms with E-state index >= 15 is 0 Å². The highest BCUT2D eigenvalue weighted by Crippen LogP contribution is 2.35. The van der Waals surface area contributed by atoms with E-state index in [1.54, 1.807) is 0 Å². The Morgan fingerprint density at radius 1 is 1.17 bits per heavy atom. The molecule has 0 spiro atoms. The highest BCUT2D eigenvalue weighted by molar-refractivity contribution is 5.82. The van der Waals surface area contributed by atoms with Gasteiger partial charge >= 0.3 is 0 Å². The van der Waals surface area contributed by atoms with Crippen molar-refractivity contribution in [3.05, 3.63) is 41.7 Å². The molecule has 152 valence electrons. The second-order valence-corrected chi connectivity index (χ2v) is 7.70. The van der Waals surface area contributed by atoms with Gasteiger partial charge in [-0.1, -0.05) is 12.1 Å². The number of pyridine rings is 1. The molecule has 0 N–H and O–H groups in total. The topological polar surface area (TPSA) is 77.2 Å². The van der Waals surface area contributed by atoms with Gasteiger partial charge in [0.15, 0.2) is 0 Å². The number of ether oxygens (including phenoxy) is 1. The molecule has 0 radical (unpaired) electrons. The van der Waals surface area contributed by atoms with Gasteiger partial charge in [0.05, 0.1) is 29.2 Å². The van der Waals surface area contributed by atoms with Gasteiger partial charge in [-0.3, -0.25) is 4.98 Å². The Morgan fingerprint density at radius 3 is 2.69 bits per heavy atom. The molecule has 0 aliphatic carbocycles. The lowest BCUT2D eigenvalue weighted by Crippen LogP contribution is -2.47. The number of aromatic nitrogens is 4. The number of anilines is 1. The Hall–Kier alpha value is -2.80. The Morgan fingerprint density at radius 2 is 2.00 bits per heavy atom. The molecule has 4 heterocycles. The molecule has 0 amide bonds. The van der Waals surface area contributed by atoms with Crippen LogP contribution >= 0.6 is 0 Å². The molecule has 3 aromatic rings. The molecule has 1 fully saturated rings. The molecule has 3 aromatic heterocycles. The first-order valence-corrected chi connectivity index (χ1v) is 10.1. The van der Waals surface area contributed by atoms with Crippen LogP contribution < -0.4 is 4.90 Å². The summed E-state index contributed by atoms with van der Waals surface area (Å²) in [6, 6.07) is 4.03. The van der Waals surface area contributed by atoms with Crippen LogP contribution in [-0.2, 0) is 4.74 Å². The van der Waals surface area contributed by atoms with Gasteiger partial charge in [-0.25, -0.2) is 9.97 Å². The van der Waals surface area contributed by atoms with E-state index in [-0.39, 0.29) is 12.2 Å². The molecule has 0 aromatic carbocycles. The average Bonchev–Trinajstić information content (AvgIpc) is 3.05. The van der Waals surface area contributed by atoms with E-state index in [0.29, 0.717) is 5.95 Å². The SMILES string of the molecule is CCC1CN(c2ncc(-c3ccnc(C)c3)c(-c3c(C)noc3C)n2)CC(C)O1. The van der Waals surface area contributed by atoms with Crippen molar-refractivity contribution in [1.29, 1.82) is 0 Å². The molecule has 4 rings (SSSR count). The fourth-order valence-electron chi connectivity index (χ4n) is 3.89. The quantitative estimate of drug-likeness (QED) is 0.660. The van der Waals surface area contributed by atoms with Crippen LogP contribution in [0.25, 0.3) is 22.4 Å². The summed E-state index contributed by atoms with van der Waals surface area (Å²) in [7, 11) is 0. The summed E-state index contributed by atoms with van der Waals surface area (Å²) in [6.45, 7) is 11.6. The number of rotatable bonds is 4. The van der Waals surface area contributed by atoms with Crippen LogP contribution in [0.4, 0.5) is 5.95 Å². The van der Waals surface area contributed by atoms with E-state index in [1.807, 2.05) is 45.3 Å². The maximum Gasteiger partial charge on any atom is 0.226 e. The number of hydrogen-bond donors (Lipinski definition) is 0. The summed E-state index contributed by atoms with van der Waals surface area (Å²) >= 11 is 0. The van der Waals surface area contributed by atoms with Gasteiger partial charge in [-0.15, -0.1) is 0 Å². The summed E-state index contributed by atoms with van der Waals surface area (Å²) in [5, 5.41) is 4.14. The van der Waals surface area contributed by atoms with Crippen LogP contribution in [0.15, 0.2) is 29.0 Å². The molecule has 1 aliphatic rings. The Labute approximate surface area is 171 Å². The van der Waals surface area contributed by atoms with E-state index in [1.165, 1.54) is 0 Å². The van der Waals surface area contributed by atoms with Crippen molar-refractivity contribution in [2.75, 3.05) is 18.0 Å². The molecule has 0 bridgehead atoms. The highest BCUT2D eigenvalue weighted by Gasteiger charge is 2.27. The first-order valence-electron chi connectivity index (χ1n) is 10.1. The zero-order valence-electron chi connectivity index (χ0n) is 17.6. The van der Waals surface area contributed by atoms with Crippen molar-refractivity contribution in [1.82, 2.24) is 20.1 Å². The Bertz CT molecular complexity index is 997. The summed E-state index contributed by atoms with van der Waals surface area (Å²) in [5.74, 6) is 1.46. The van der Waals surface area contributed by atoms with Gasteiger partial charge in [0.2, 0.25) is 5.95 Å². The average molecular weight is 393 g/mol. The highest BCUT2D eigenvalue weighted by atomic mass is 16.5. The smallest absolute Gasteiger partial charge is 0.226 e. The third-order valence-electron chi connectivity index (χ3n) is 5.32. The molecule has 1 aliphatic heterocycles. The summed E-state index contributed by atoms with van der Waals surface area (Å²) in [5.41, 5.74) is 5.50. The van der Waals surface area contributed by atoms with Crippen molar-refractivity contribution >= 4 is 5.95 Å². The summed E-state index contributed by atoms with van der Waals surface area (Å²) in [4.78, 5) is 16.3. The number of hydrogen-bond acceptors (Lipinski definition) is 7. The number of nitrogens with zero attached hydrogens (tertiary/aromatic N) is 5. The Balaban J connectivity index is 1.84. The van der Waals surface area contributed by atoms with E-state index in [0.717, 1.165) is 59.0 Å². The van der Waals surface area contributed by atoms with E-state index in [4.69, 9.17) is 19.2 Å². The second-order valence-electron chi connectivity index (χ2n) is 7.70. The predicted molar refractivity (Wildman–Crippen MR) is 112 cm³/mol. The van der Waals surface area contributed by atoms with Gasteiger partial charge in [0.25, 0.3) is 0 Å². The minimum absolute atomic E-state index is 0.141. The van der Waals surface area contributed by atoms with Crippen LogP contribution in [-0.4, -0.2) is 45.4 Å². The lowest BCUT2D eigenvalue weighted by molar-refractivity contribution is -0.0177. The molecule has 2 unspecified atom stereocenters. The van der Waals surface area contributed by atoms with E-state index in [2.05, 4.69) is 28.9 Å². The molecular weight excluding hydrogens is 366 g/mol. The second kappa shape index (κ2) is 7.91. The first kappa shape index (κ1) is 19.5. The zero-order valence-corrected chi connectivity index (χ0v) is 17.6. The van der Waals surface area contributed by atoms with Gasteiger partial charge in [-0.2, -0.15) is 0 Å². The van der Waals surface area contributed by atoms with Crippen LogP contribution in [0.2, 0.25) is 0 Å². The fourth-order valence-corrected chi connectivity index (χ4v) is 3.89. The molecule has 0 saturated carbocycles. The number of morpholine rings is 1. The normalized spacial score (nSPS) is 19.6. The van der Waals surface area contributed by atoms with Crippen LogP contribution in [0.5, 0.6) is 0 Å². The zero-order chi connectivity index (χ0) is 20.5. The molecular formula is C22H27N5O2. The lowest BCUT2D eigenvalue weighted by atomic mass is 10.00.